The van der Waals surface area contributed by atoms with Gasteiger partial charge in [0.05, 0.1) is 12.8 Å². The Kier molecular flexibility index (Phi) is 4.07. The van der Waals surface area contributed by atoms with Crippen molar-refractivity contribution in [3.8, 4) is 0 Å². The Morgan fingerprint density at radius 2 is 1.86 bits per heavy atom. The lowest BCUT2D eigenvalue weighted by molar-refractivity contribution is 0.0589. The van der Waals surface area contributed by atoms with Crippen molar-refractivity contribution in [2.24, 2.45) is 0 Å². The SMILES string of the molecule is COC(=O)c1cc(N)cn1Cc1ccc(C(C)(C)C)cc1. The average Bonchev–Trinajstić information content (AvgIpc) is 2.78. The number of aromatic nitrogens is 1. The molecule has 2 aromatic rings. The highest BCUT2D eigenvalue weighted by Crippen LogP contribution is 2.23. The van der Waals surface area contributed by atoms with E-state index in [1.54, 1.807) is 12.3 Å². The minimum absolute atomic E-state index is 0.133. The number of nitrogens with two attached hydrogens (primary N) is 1. The molecule has 0 atom stereocenters. The molecule has 0 unspecified atom stereocenters. The molecule has 1 heterocycles. The van der Waals surface area contributed by atoms with Crippen molar-refractivity contribution in [3.63, 3.8) is 0 Å². The summed E-state index contributed by atoms with van der Waals surface area (Å²) >= 11 is 0. The molecule has 0 aliphatic heterocycles. The summed E-state index contributed by atoms with van der Waals surface area (Å²) in [5.41, 5.74) is 9.33. The summed E-state index contributed by atoms with van der Waals surface area (Å²) in [4.78, 5) is 11.7. The van der Waals surface area contributed by atoms with Crippen molar-refractivity contribution in [3.05, 3.63) is 53.3 Å². The molecule has 0 spiro atoms. The topological polar surface area (TPSA) is 57.2 Å². The van der Waals surface area contributed by atoms with Crippen molar-refractivity contribution in [2.45, 2.75) is 32.7 Å². The fourth-order valence-electron chi connectivity index (χ4n) is 2.25. The number of ether oxygens (including phenoxy) is 1. The molecule has 0 radical (unpaired) electrons. The second kappa shape index (κ2) is 5.64. The molecule has 1 aromatic heterocycles. The first kappa shape index (κ1) is 15.2. The molecule has 1 aromatic carbocycles. The zero-order chi connectivity index (χ0) is 15.6. The fraction of sp³-hybridized carbons (Fsp3) is 0.353. The van der Waals surface area contributed by atoms with Gasteiger partial charge in [0.15, 0.2) is 0 Å². The Labute approximate surface area is 125 Å². The predicted octanol–water partition coefficient (Wildman–Crippen LogP) is 3.20. The molecular weight excluding hydrogens is 264 g/mol. The molecule has 0 fully saturated rings. The van der Waals surface area contributed by atoms with Crippen LogP contribution in [0.2, 0.25) is 0 Å². The lowest BCUT2D eigenvalue weighted by atomic mass is 9.87. The van der Waals surface area contributed by atoms with Crippen LogP contribution in [0.15, 0.2) is 36.5 Å². The Hall–Kier alpha value is -2.23. The van der Waals surface area contributed by atoms with Crippen LogP contribution in [0.3, 0.4) is 0 Å². The van der Waals surface area contributed by atoms with E-state index in [4.69, 9.17) is 10.5 Å². The molecule has 0 bridgehead atoms. The Balaban J connectivity index is 2.24. The minimum Gasteiger partial charge on any atom is -0.464 e. The van der Waals surface area contributed by atoms with E-state index in [9.17, 15) is 4.79 Å². The van der Waals surface area contributed by atoms with E-state index in [1.165, 1.54) is 12.7 Å². The molecule has 112 valence electrons. The summed E-state index contributed by atoms with van der Waals surface area (Å²) in [6, 6.07) is 10.0. The van der Waals surface area contributed by atoms with Gasteiger partial charge in [0.25, 0.3) is 0 Å². The van der Waals surface area contributed by atoms with Gasteiger partial charge in [-0.3, -0.25) is 0 Å². The van der Waals surface area contributed by atoms with Crippen LogP contribution in [0.4, 0.5) is 5.69 Å². The van der Waals surface area contributed by atoms with Crippen molar-refractivity contribution < 1.29 is 9.53 Å². The molecular formula is C17H22N2O2. The number of rotatable bonds is 3. The Morgan fingerprint density at radius 1 is 1.24 bits per heavy atom. The number of nitrogen functional groups attached to an aromatic ring is 1. The molecule has 4 heteroatoms. The number of esters is 1. The lowest BCUT2D eigenvalue weighted by Crippen LogP contribution is -2.12. The zero-order valence-corrected chi connectivity index (χ0v) is 13.0. The van der Waals surface area contributed by atoms with Gasteiger partial charge in [-0.25, -0.2) is 4.79 Å². The van der Waals surface area contributed by atoms with Gasteiger partial charge in [-0.05, 0) is 22.6 Å². The number of nitrogens with zero attached hydrogens (tertiary/aromatic N) is 1. The van der Waals surface area contributed by atoms with Gasteiger partial charge in [-0.1, -0.05) is 45.0 Å². The van der Waals surface area contributed by atoms with Crippen LogP contribution < -0.4 is 5.73 Å². The number of carbonyl (C=O) groups is 1. The molecule has 0 amide bonds. The van der Waals surface area contributed by atoms with E-state index >= 15 is 0 Å². The monoisotopic (exact) mass is 286 g/mol. The largest absolute Gasteiger partial charge is 0.464 e. The first-order valence-electron chi connectivity index (χ1n) is 6.94. The molecule has 2 rings (SSSR count). The predicted molar refractivity (Wildman–Crippen MR) is 84.4 cm³/mol. The Bertz CT molecular complexity index is 634. The maximum atomic E-state index is 11.7. The van der Waals surface area contributed by atoms with Gasteiger partial charge in [0.2, 0.25) is 0 Å². The summed E-state index contributed by atoms with van der Waals surface area (Å²) < 4.78 is 6.59. The molecule has 0 aliphatic rings. The van der Waals surface area contributed by atoms with Crippen molar-refractivity contribution in [1.82, 2.24) is 4.57 Å². The standard InChI is InChI=1S/C17H22N2O2/c1-17(2,3)13-7-5-12(6-8-13)10-19-11-14(18)9-15(19)16(20)21-4/h5-9,11H,10,18H2,1-4H3. The zero-order valence-electron chi connectivity index (χ0n) is 13.0. The Morgan fingerprint density at radius 3 is 2.38 bits per heavy atom. The highest BCUT2D eigenvalue weighted by atomic mass is 16.5. The quantitative estimate of drug-likeness (QED) is 0.881. The number of anilines is 1. The van der Waals surface area contributed by atoms with E-state index in [0.717, 1.165) is 5.56 Å². The van der Waals surface area contributed by atoms with Crippen LogP contribution in [-0.4, -0.2) is 17.6 Å². The van der Waals surface area contributed by atoms with Gasteiger partial charge in [-0.15, -0.1) is 0 Å². The van der Waals surface area contributed by atoms with Gasteiger partial charge < -0.3 is 15.0 Å². The molecule has 0 aliphatic carbocycles. The highest BCUT2D eigenvalue weighted by Gasteiger charge is 2.15. The maximum Gasteiger partial charge on any atom is 0.354 e. The normalized spacial score (nSPS) is 11.4. The molecule has 0 saturated heterocycles. The van der Waals surface area contributed by atoms with Crippen LogP contribution >= 0.6 is 0 Å². The van der Waals surface area contributed by atoms with Gasteiger partial charge in [0.1, 0.15) is 5.69 Å². The average molecular weight is 286 g/mol. The summed E-state index contributed by atoms with van der Waals surface area (Å²) in [6.45, 7) is 7.14. The van der Waals surface area contributed by atoms with E-state index in [0.29, 0.717) is 17.9 Å². The highest BCUT2D eigenvalue weighted by molar-refractivity contribution is 5.89. The molecule has 21 heavy (non-hydrogen) atoms. The van der Waals surface area contributed by atoms with Crippen LogP contribution in [0.1, 0.15) is 42.4 Å². The van der Waals surface area contributed by atoms with Crippen LogP contribution in [0, 0.1) is 0 Å². The van der Waals surface area contributed by atoms with Crippen molar-refractivity contribution in [2.75, 3.05) is 12.8 Å². The number of methoxy groups -OCH3 is 1. The van der Waals surface area contributed by atoms with Crippen LogP contribution in [0.25, 0.3) is 0 Å². The first-order chi connectivity index (χ1) is 9.81. The first-order valence-corrected chi connectivity index (χ1v) is 6.94. The number of hydrogen-bond acceptors (Lipinski definition) is 3. The summed E-state index contributed by atoms with van der Waals surface area (Å²) in [5, 5.41) is 0. The number of benzene rings is 1. The van der Waals surface area contributed by atoms with E-state index in [1.807, 2.05) is 4.57 Å². The fourth-order valence-corrected chi connectivity index (χ4v) is 2.25. The summed E-state index contributed by atoms with van der Waals surface area (Å²) in [6.07, 6.45) is 1.75. The van der Waals surface area contributed by atoms with Crippen molar-refractivity contribution in [1.29, 1.82) is 0 Å². The summed E-state index contributed by atoms with van der Waals surface area (Å²) in [5.74, 6) is -0.377. The van der Waals surface area contributed by atoms with Gasteiger partial charge >= 0.3 is 5.97 Å². The number of carbonyl (C=O) groups excluding carboxylic acids is 1. The smallest absolute Gasteiger partial charge is 0.354 e. The van der Waals surface area contributed by atoms with Crippen molar-refractivity contribution >= 4 is 11.7 Å². The third kappa shape index (κ3) is 3.45. The molecule has 2 N–H and O–H groups in total. The second-order valence-electron chi connectivity index (χ2n) is 6.23. The lowest BCUT2D eigenvalue weighted by Gasteiger charge is -2.19. The van der Waals surface area contributed by atoms with Crippen LogP contribution in [0.5, 0.6) is 0 Å². The van der Waals surface area contributed by atoms with Gasteiger partial charge in [-0.2, -0.15) is 0 Å². The molecule has 0 saturated carbocycles. The third-order valence-corrected chi connectivity index (χ3v) is 3.49. The second-order valence-corrected chi connectivity index (χ2v) is 6.23. The van der Waals surface area contributed by atoms with Crippen LogP contribution in [-0.2, 0) is 16.7 Å². The van der Waals surface area contributed by atoms with Gasteiger partial charge in [0, 0.05) is 12.7 Å². The molecule has 4 nitrogen and oxygen atoms in total. The van der Waals surface area contributed by atoms with E-state index in [2.05, 4.69) is 45.0 Å². The van der Waals surface area contributed by atoms with E-state index in [-0.39, 0.29) is 11.4 Å². The third-order valence-electron chi connectivity index (χ3n) is 3.49. The van der Waals surface area contributed by atoms with E-state index < -0.39 is 0 Å². The maximum absolute atomic E-state index is 11.7. The number of hydrogen-bond donors (Lipinski definition) is 1. The minimum atomic E-state index is -0.377. The summed E-state index contributed by atoms with van der Waals surface area (Å²) in [7, 11) is 1.37.